The Bertz CT molecular complexity index is 527. The SMILES string of the molecule is CN=C(NCCc1ccc2c(c1)OCO2)NCC1CCCO1. The maximum Gasteiger partial charge on any atom is 0.231 e. The first-order chi connectivity index (χ1) is 10.8. The Morgan fingerprint density at radius 1 is 1.27 bits per heavy atom. The molecule has 2 N–H and O–H groups in total. The summed E-state index contributed by atoms with van der Waals surface area (Å²) in [5, 5.41) is 6.63. The molecule has 2 aliphatic heterocycles. The third-order valence-corrected chi connectivity index (χ3v) is 3.89. The molecule has 1 aromatic rings. The van der Waals surface area contributed by atoms with E-state index in [-0.39, 0.29) is 0 Å². The van der Waals surface area contributed by atoms with Crippen molar-refractivity contribution in [2.45, 2.75) is 25.4 Å². The molecule has 2 aliphatic rings. The molecule has 2 heterocycles. The third-order valence-electron chi connectivity index (χ3n) is 3.89. The van der Waals surface area contributed by atoms with Crippen molar-refractivity contribution < 1.29 is 14.2 Å². The van der Waals surface area contributed by atoms with Gasteiger partial charge in [-0.15, -0.1) is 0 Å². The monoisotopic (exact) mass is 305 g/mol. The van der Waals surface area contributed by atoms with Gasteiger partial charge in [0, 0.05) is 26.7 Å². The van der Waals surface area contributed by atoms with Crippen molar-refractivity contribution in [3.05, 3.63) is 23.8 Å². The summed E-state index contributed by atoms with van der Waals surface area (Å²) in [7, 11) is 1.78. The second kappa shape index (κ2) is 7.35. The van der Waals surface area contributed by atoms with E-state index in [9.17, 15) is 0 Å². The number of ether oxygens (including phenoxy) is 3. The highest BCUT2D eigenvalue weighted by atomic mass is 16.7. The van der Waals surface area contributed by atoms with E-state index in [1.165, 1.54) is 5.56 Å². The van der Waals surface area contributed by atoms with Gasteiger partial charge in [-0.1, -0.05) is 6.07 Å². The molecule has 22 heavy (non-hydrogen) atoms. The van der Waals surface area contributed by atoms with Gasteiger partial charge in [-0.3, -0.25) is 4.99 Å². The fraction of sp³-hybridized carbons (Fsp3) is 0.562. The molecule has 120 valence electrons. The Balaban J connectivity index is 1.41. The van der Waals surface area contributed by atoms with Gasteiger partial charge >= 0.3 is 0 Å². The standard InChI is InChI=1S/C16H23N3O3/c1-17-16(19-10-13-3-2-8-20-13)18-7-6-12-4-5-14-15(9-12)22-11-21-14/h4-5,9,13H,2-3,6-8,10-11H2,1H3,(H2,17,18,19). The second-order valence-electron chi connectivity index (χ2n) is 5.45. The summed E-state index contributed by atoms with van der Waals surface area (Å²) in [5.41, 5.74) is 1.21. The molecule has 0 spiro atoms. The Hall–Kier alpha value is -1.95. The number of nitrogens with zero attached hydrogens (tertiary/aromatic N) is 1. The van der Waals surface area contributed by atoms with Gasteiger partial charge in [-0.2, -0.15) is 0 Å². The normalized spacial score (nSPS) is 20.2. The number of hydrogen-bond acceptors (Lipinski definition) is 4. The number of rotatable bonds is 5. The Morgan fingerprint density at radius 2 is 2.18 bits per heavy atom. The number of guanidine groups is 1. The van der Waals surface area contributed by atoms with Crippen LogP contribution in [0.25, 0.3) is 0 Å². The van der Waals surface area contributed by atoms with Gasteiger partial charge < -0.3 is 24.8 Å². The van der Waals surface area contributed by atoms with E-state index in [1.807, 2.05) is 12.1 Å². The van der Waals surface area contributed by atoms with Crippen LogP contribution in [0.1, 0.15) is 18.4 Å². The first-order valence-electron chi connectivity index (χ1n) is 7.80. The van der Waals surface area contributed by atoms with E-state index in [0.717, 1.165) is 56.4 Å². The van der Waals surface area contributed by atoms with Crippen LogP contribution in [-0.2, 0) is 11.2 Å². The molecule has 0 bridgehead atoms. The van der Waals surface area contributed by atoms with Crippen LogP contribution in [0.5, 0.6) is 11.5 Å². The zero-order valence-corrected chi connectivity index (χ0v) is 12.9. The molecular formula is C16H23N3O3. The lowest BCUT2D eigenvalue weighted by Crippen LogP contribution is -2.41. The van der Waals surface area contributed by atoms with Crippen LogP contribution in [0.4, 0.5) is 0 Å². The van der Waals surface area contributed by atoms with E-state index in [0.29, 0.717) is 12.9 Å². The van der Waals surface area contributed by atoms with E-state index in [4.69, 9.17) is 14.2 Å². The van der Waals surface area contributed by atoms with Crippen LogP contribution in [0.2, 0.25) is 0 Å². The summed E-state index contributed by atoms with van der Waals surface area (Å²) in [5.74, 6) is 2.47. The Morgan fingerprint density at radius 3 is 3.00 bits per heavy atom. The van der Waals surface area contributed by atoms with Gasteiger partial charge in [-0.25, -0.2) is 0 Å². The molecule has 0 amide bonds. The molecule has 0 radical (unpaired) electrons. The van der Waals surface area contributed by atoms with E-state index in [2.05, 4.69) is 21.7 Å². The summed E-state index contributed by atoms with van der Waals surface area (Å²) < 4.78 is 16.3. The third kappa shape index (κ3) is 3.82. The molecule has 6 nitrogen and oxygen atoms in total. The van der Waals surface area contributed by atoms with Crippen LogP contribution < -0.4 is 20.1 Å². The van der Waals surface area contributed by atoms with E-state index < -0.39 is 0 Å². The van der Waals surface area contributed by atoms with Crippen LogP contribution in [0.15, 0.2) is 23.2 Å². The fourth-order valence-corrected chi connectivity index (χ4v) is 2.66. The molecular weight excluding hydrogens is 282 g/mol. The van der Waals surface area contributed by atoms with Crippen LogP contribution in [-0.4, -0.2) is 45.6 Å². The number of nitrogens with one attached hydrogen (secondary N) is 2. The molecule has 0 aliphatic carbocycles. The van der Waals surface area contributed by atoms with E-state index in [1.54, 1.807) is 7.05 Å². The minimum atomic E-state index is 0.312. The molecule has 0 saturated carbocycles. The Kier molecular flexibility index (Phi) is 5.00. The number of aliphatic imine (C=N–C) groups is 1. The van der Waals surface area contributed by atoms with Crippen molar-refractivity contribution in [3.8, 4) is 11.5 Å². The summed E-state index contributed by atoms with van der Waals surface area (Å²) in [6.45, 7) is 2.81. The molecule has 3 rings (SSSR count). The van der Waals surface area contributed by atoms with Gasteiger partial charge in [0.2, 0.25) is 6.79 Å². The molecule has 0 aromatic heterocycles. The van der Waals surface area contributed by atoms with Gasteiger partial charge in [-0.05, 0) is 37.0 Å². The summed E-state index contributed by atoms with van der Waals surface area (Å²) in [6, 6.07) is 6.06. The first kappa shape index (κ1) is 15.0. The summed E-state index contributed by atoms with van der Waals surface area (Å²) >= 11 is 0. The van der Waals surface area contributed by atoms with Gasteiger partial charge in [0.15, 0.2) is 17.5 Å². The van der Waals surface area contributed by atoms with Crippen molar-refractivity contribution in [1.82, 2.24) is 10.6 Å². The Labute approximate surface area is 130 Å². The lowest BCUT2D eigenvalue weighted by molar-refractivity contribution is 0.114. The minimum absolute atomic E-state index is 0.312. The topological polar surface area (TPSA) is 64.1 Å². The largest absolute Gasteiger partial charge is 0.454 e. The number of fused-ring (bicyclic) bond motifs is 1. The molecule has 1 unspecified atom stereocenters. The maximum absolute atomic E-state index is 5.59. The molecule has 1 aromatic carbocycles. The van der Waals surface area contributed by atoms with Crippen molar-refractivity contribution in [1.29, 1.82) is 0 Å². The number of benzene rings is 1. The van der Waals surface area contributed by atoms with Gasteiger partial charge in [0.25, 0.3) is 0 Å². The lowest BCUT2D eigenvalue weighted by Gasteiger charge is -2.15. The second-order valence-corrected chi connectivity index (χ2v) is 5.45. The maximum atomic E-state index is 5.59. The zero-order chi connectivity index (χ0) is 15.2. The van der Waals surface area contributed by atoms with Gasteiger partial charge in [0.1, 0.15) is 0 Å². The van der Waals surface area contributed by atoms with Crippen molar-refractivity contribution in [2.75, 3.05) is 33.5 Å². The van der Waals surface area contributed by atoms with E-state index >= 15 is 0 Å². The van der Waals surface area contributed by atoms with Crippen LogP contribution >= 0.6 is 0 Å². The van der Waals surface area contributed by atoms with Crippen molar-refractivity contribution in [2.24, 2.45) is 4.99 Å². The lowest BCUT2D eigenvalue weighted by atomic mass is 10.1. The van der Waals surface area contributed by atoms with Crippen LogP contribution in [0.3, 0.4) is 0 Å². The first-order valence-corrected chi connectivity index (χ1v) is 7.80. The highest BCUT2D eigenvalue weighted by molar-refractivity contribution is 5.79. The zero-order valence-electron chi connectivity index (χ0n) is 12.9. The smallest absolute Gasteiger partial charge is 0.231 e. The quantitative estimate of drug-likeness (QED) is 0.634. The van der Waals surface area contributed by atoms with Crippen molar-refractivity contribution >= 4 is 5.96 Å². The predicted molar refractivity (Wildman–Crippen MR) is 84.6 cm³/mol. The van der Waals surface area contributed by atoms with Crippen LogP contribution in [0, 0.1) is 0 Å². The molecule has 6 heteroatoms. The highest BCUT2D eigenvalue weighted by Crippen LogP contribution is 2.32. The molecule has 1 atom stereocenters. The van der Waals surface area contributed by atoms with Crippen molar-refractivity contribution in [3.63, 3.8) is 0 Å². The molecule has 1 fully saturated rings. The van der Waals surface area contributed by atoms with Gasteiger partial charge in [0.05, 0.1) is 6.10 Å². The summed E-state index contributed by atoms with van der Waals surface area (Å²) in [6.07, 6.45) is 3.49. The predicted octanol–water partition coefficient (Wildman–Crippen LogP) is 1.30. The minimum Gasteiger partial charge on any atom is -0.454 e. The fourth-order valence-electron chi connectivity index (χ4n) is 2.66. The highest BCUT2D eigenvalue weighted by Gasteiger charge is 2.15. The number of hydrogen-bond donors (Lipinski definition) is 2. The summed E-state index contributed by atoms with van der Waals surface area (Å²) in [4.78, 5) is 4.23. The average Bonchev–Trinajstić information content (AvgIpc) is 3.21. The molecule has 1 saturated heterocycles. The average molecular weight is 305 g/mol.